The highest BCUT2D eigenvalue weighted by Crippen LogP contribution is 2.38. The summed E-state index contributed by atoms with van der Waals surface area (Å²) >= 11 is 0. The second-order valence-corrected chi connectivity index (χ2v) is 6.56. The Labute approximate surface area is 189 Å². The van der Waals surface area contributed by atoms with E-state index in [-0.39, 0.29) is 30.2 Å². The van der Waals surface area contributed by atoms with Gasteiger partial charge >= 0.3 is 6.61 Å². The number of methoxy groups -OCH3 is 4. The molecular weight excluding hydrogens is 442 g/mol. The Bertz CT molecular complexity index is 945. The third-order valence-corrected chi connectivity index (χ3v) is 4.52. The van der Waals surface area contributed by atoms with E-state index >= 15 is 0 Å². The van der Waals surface area contributed by atoms with E-state index in [1.165, 1.54) is 46.6 Å². The fourth-order valence-electron chi connectivity index (χ4n) is 2.94. The summed E-state index contributed by atoms with van der Waals surface area (Å²) in [5.41, 5.74) is 0.978. The molecule has 2 aromatic carbocycles. The maximum atomic E-state index is 12.4. The number of nitrogens with one attached hydrogen (secondary N) is 2. The van der Waals surface area contributed by atoms with Crippen molar-refractivity contribution >= 4 is 11.8 Å². The predicted molar refractivity (Wildman–Crippen MR) is 115 cm³/mol. The van der Waals surface area contributed by atoms with Crippen LogP contribution in [0.5, 0.6) is 28.7 Å². The highest BCUT2D eigenvalue weighted by Gasteiger charge is 2.17. The van der Waals surface area contributed by atoms with Gasteiger partial charge in [0.15, 0.2) is 23.0 Å². The molecule has 0 spiro atoms. The van der Waals surface area contributed by atoms with E-state index in [9.17, 15) is 18.4 Å². The summed E-state index contributed by atoms with van der Waals surface area (Å²) in [7, 11) is 5.66. The second-order valence-electron chi connectivity index (χ2n) is 6.56. The standard InChI is InChI=1S/C22H26F2N2O7/c1-29-16-9-13(5-6-15(16)33-22(23)24)7-8-25-19(27)12-26-21(28)14-10-17(30-2)20(32-4)18(11-14)31-3/h5-6,9-11,22H,7-8,12H2,1-4H3,(H,25,27)(H,26,28). The molecule has 0 heterocycles. The van der Waals surface area contributed by atoms with Crippen LogP contribution in [0, 0.1) is 0 Å². The van der Waals surface area contributed by atoms with Gasteiger partial charge in [0.05, 0.1) is 35.0 Å². The number of hydrogen-bond donors (Lipinski definition) is 2. The van der Waals surface area contributed by atoms with Gasteiger partial charge in [-0.05, 0) is 36.2 Å². The van der Waals surface area contributed by atoms with Gasteiger partial charge in [0, 0.05) is 12.1 Å². The summed E-state index contributed by atoms with van der Waals surface area (Å²) in [5, 5.41) is 5.19. The molecule has 0 saturated heterocycles. The average Bonchev–Trinajstić information content (AvgIpc) is 2.81. The van der Waals surface area contributed by atoms with Crippen molar-refractivity contribution < 1.29 is 42.1 Å². The van der Waals surface area contributed by atoms with E-state index in [0.717, 1.165) is 5.56 Å². The Kier molecular flexibility index (Phi) is 9.52. The van der Waals surface area contributed by atoms with Crippen LogP contribution in [0.1, 0.15) is 15.9 Å². The lowest BCUT2D eigenvalue weighted by atomic mass is 10.1. The number of alkyl halides is 2. The number of carbonyl (C=O) groups excluding carboxylic acids is 2. The van der Waals surface area contributed by atoms with E-state index in [1.54, 1.807) is 12.1 Å². The average molecular weight is 468 g/mol. The number of ether oxygens (including phenoxy) is 5. The lowest BCUT2D eigenvalue weighted by Gasteiger charge is -2.14. The van der Waals surface area contributed by atoms with Crippen molar-refractivity contribution in [1.82, 2.24) is 10.6 Å². The summed E-state index contributed by atoms with van der Waals surface area (Å²) in [6.45, 7) is -2.95. The SMILES string of the molecule is COc1cc(CCNC(=O)CNC(=O)c2cc(OC)c(OC)c(OC)c2)ccc1OC(F)F. The number of amides is 2. The first-order valence-electron chi connectivity index (χ1n) is 9.79. The zero-order valence-corrected chi connectivity index (χ0v) is 18.7. The summed E-state index contributed by atoms with van der Waals surface area (Å²) < 4.78 is 49.9. The first kappa shape index (κ1) is 25.5. The molecule has 0 aliphatic carbocycles. The molecule has 0 aliphatic rings. The Balaban J connectivity index is 1.88. The third kappa shape index (κ3) is 7.13. The first-order chi connectivity index (χ1) is 15.8. The highest BCUT2D eigenvalue weighted by atomic mass is 19.3. The maximum Gasteiger partial charge on any atom is 0.387 e. The summed E-state index contributed by atoms with van der Waals surface area (Å²) in [5.74, 6) is 0.161. The molecule has 0 saturated carbocycles. The number of rotatable bonds is 12. The van der Waals surface area contributed by atoms with Gasteiger partial charge in [-0.2, -0.15) is 8.78 Å². The van der Waals surface area contributed by atoms with E-state index < -0.39 is 18.4 Å². The van der Waals surface area contributed by atoms with Gasteiger partial charge in [-0.3, -0.25) is 9.59 Å². The first-order valence-corrected chi connectivity index (χ1v) is 9.79. The van der Waals surface area contributed by atoms with Crippen molar-refractivity contribution in [3.63, 3.8) is 0 Å². The quantitative estimate of drug-likeness (QED) is 0.493. The Hall–Kier alpha value is -3.76. The molecule has 0 unspecified atom stereocenters. The van der Waals surface area contributed by atoms with Crippen molar-refractivity contribution in [1.29, 1.82) is 0 Å². The predicted octanol–water partition coefficient (Wildman–Crippen LogP) is 2.41. The van der Waals surface area contributed by atoms with Crippen molar-refractivity contribution in [3.05, 3.63) is 41.5 Å². The van der Waals surface area contributed by atoms with Gasteiger partial charge in [0.25, 0.3) is 5.91 Å². The van der Waals surface area contributed by atoms with Crippen LogP contribution < -0.4 is 34.3 Å². The maximum absolute atomic E-state index is 12.4. The van der Waals surface area contributed by atoms with Gasteiger partial charge < -0.3 is 34.3 Å². The molecule has 9 nitrogen and oxygen atoms in total. The topological polar surface area (TPSA) is 104 Å². The zero-order chi connectivity index (χ0) is 24.4. The van der Waals surface area contributed by atoms with Crippen LogP contribution in [-0.2, 0) is 11.2 Å². The molecule has 0 radical (unpaired) electrons. The van der Waals surface area contributed by atoms with Crippen LogP contribution in [0.3, 0.4) is 0 Å². The van der Waals surface area contributed by atoms with Gasteiger partial charge in [0.2, 0.25) is 11.7 Å². The largest absolute Gasteiger partial charge is 0.493 e. The number of carbonyl (C=O) groups is 2. The van der Waals surface area contributed by atoms with Crippen LogP contribution in [0.2, 0.25) is 0 Å². The normalized spacial score (nSPS) is 10.4. The van der Waals surface area contributed by atoms with E-state index in [4.69, 9.17) is 18.9 Å². The highest BCUT2D eigenvalue weighted by molar-refractivity contribution is 5.97. The minimum absolute atomic E-state index is 0.0743. The van der Waals surface area contributed by atoms with Crippen LogP contribution >= 0.6 is 0 Å². The number of halogens is 2. The molecule has 0 aromatic heterocycles. The number of hydrogen-bond acceptors (Lipinski definition) is 7. The summed E-state index contributed by atoms with van der Waals surface area (Å²) in [6.07, 6.45) is 0.415. The molecular formula is C22H26F2N2O7. The smallest absolute Gasteiger partial charge is 0.387 e. The Morgan fingerprint density at radius 2 is 1.48 bits per heavy atom. The molecule has 0 atom stereocenters. The van der Waals surface area contributed by atoms with Crippen LogP contribution in [0.15, 0.2) is 30.3 Å². The zero-order valence-electron chi connectivity index (χ0n) is 18.7. The summed E-state index contributed by atoms with van der Waals surface area (Å²) in [6, 6.07) is 7.47. The number of benzene rings is 2. The van der Waals surface area contributed by atoms with Crippen molar-refractivity contribution in [2.75, 3.05) is 41.5 Å². The van der Waals surface area contributed by atoms with Gasteiger partial charge in [-0.25, -0.2) is 0 Å². The molecule has 2 rings (SSSR count). The van der Waals surface area contributed by atoms with E-state index in [2.05, 4.69) is 15.4 Å². The van der Waals surface area contributed by atoms with Gasteiger partial charge in [-0.1, -0.05) is 6.07 Å². The monoisotopic (exact) mass is 468 g/mol. The lowest BCUT2D eigenvalue weighted by molar-refractivity contribution is -0.120. The molecule has 180 valence electrons. The minimum atomic E-state index is -2.96. The minimum Gasteiger partial charge on any atom is -0.493 e. The molecule has 2 aromatic rings. The fourth-order valence-corrected chi connectivity index (χ4v) is 2.94. The Morgan fingerprint density at radius 1 is 0.848 bits per heavy atom. The molecule has 2 amide bonds. The molecule has 0 fully saturated rings. The second kappa shape index (κ2) is 12.3. The lowest BCUT2D eigenvalue weighted by Crippen LogP contribution is -2.37. The van der Waals surface area contributed by atoms with Crippen LogP contribution in [0.4, 0.5) is 8.78 Å². The van der Waals surface area contributed by atoms with Crippen molar-refractivity contribution in [2.45, 2.75) is 13.0 Å². The Morgan fingerprint density at radius 3 is 2.03 bits per heavy atom. The van der Waals surface area contributed by atoms with E-state index in [1.807, 2.05) is 0 Å². The van der Waals surface area contributed by atoms with Gasteiger partial charge in [0.1, 0.15) is 0 Å². The third-order valence-electron chi connectivity index (χ3n) is 4.52. The summed E-state index contributed by atoms with van der Waals surface area (Å²) in [4.78, 5) is 24.5. The van der Waals surface area contributed by atoms with E-state index in [0.29, 0.717) is 23.7 Å². The van der Waals surface area contributed by atoms with Crippen LogP contribution in [0.25, 0.3) is 0 Å². The molecule has 33 heavy (non-hydrogen) atoms. The molecule has 2 N–H and O–H groups in total. The van der Waals surface area contributed by atoms with Crippen LogP contribution in [-0.4, -0.2) is 60.0 Å². The fraction of sp³-hybridized carbons (Fsp3) is 0.364. The van der Waals surface area contributed by atoms with Gasteiger partial charge in [-0.15, -0.1) is 0 Å². The van der Waals surface area contributed by atoms with Crippen molar-refractivity contribution in [3.8, 4) is 28.7 Å². The molecule has 11 heteroatoms. The molecule has 0 aliphatic heterocycles. The van der Waals surface area contributed by atoms with Crippen molar-refractivity contribution in [2.24, 2.45) is 0 Å². The molecule has 0 bridgehead atoms.